The number of hydrogen-bond acceptors (Lipinski definition) is 4. The zero-order valence-electron chi connectivity index (χ0n) is 18.9. The number of hydrogen-bond donors (Lipinski definition) is 0. The van der Waals surface area contributed by atoms with Gasteiger partial charge in [-0.15, -0.1) is 0 Å². The van der Waals surface area contributed by atoms with Crippen LogP contribution in [0.1, 0.15) is 22.8 Å². The van der Waals surface area contributed by atoms with Crippen molar-refractivity contribution < 1.29 is 9.18 Å². The Labute approximate surface area is 202 Å². The molecule has 8 heteroatoms. The lowest BCUT2D eigenvalue weighted by Crippen LogP contribution is -2.48. The fourth-order valence-corrected chi connectivity index (χ4v) is 4.57. The van der Waals surface area contributed by atoms with Gasteiger partial charge in [-0.3, -0.25) is 14.4 Å². The standard InChI is InChI=1S/C26H25ClFN5O/c1-2-33-17-19(15-29-33)25-14-22(21-5-3-4-6-24(21)30-25)26(34)32-11-9-31(10-12-32)16-18-7-8-20(28)13-23(18)27/h3-8,13-15,17H,2,9-12,16H2,1H3. The van der Waals surface area contributed by atoms with Crippen molar-refractivity contribution in [3.05, 3.63) is 82.9 Å². The maximum Gasteiger partial charge on any atom is 0.254 e. The monoisotopic (exact) mass is 477 g/mol. The number of para-hydroxylation sites is 1. The molecule has 2 aromatic carbocycles. The molecule has 0 aliphatic carbocycles. The number of rotatable bonds is 5. The molecule has 4 aromatic rings. The molecule has 1 fully saturated rings. The Morgan fingerprint density at radius 2 is 1.88 bits per heavy atom. The van der Waals surface area contributed by atoms with Crippen LogP contribution in [0.2, 0.25) is 5.02 Å². The van der Waals surface area contributed by atoms with E-state index in [4.69, 9.17) is 16.6 Å². The van der Waals surface area contributed by atoms with Crippen LogP contribution in [0.5, 0.6) is 0 Å². The minimum atomic E-state index is -0.338. The highest BCUT2D eigenvalue weighted by Crippen LogP contribution is 2.26. The molecular formula is C26H25ClFN5O. The number of benzene rings is 2. The third-order valence-corrected chi connectivity index (χ3v) is 6.62. The molecule has 2 aromatic heterocycles. The quantitative estimate of drug-likeness (QED) is 0.411. The molecule has 6 nitrogen and oxygen atoms in total. The number of carbonyl (C=O) groups is 1. The Morgan fingerprint density at radius 3 is 2.62 bits per heavy atom. The van der Waals surface area contributed by atoms with E-state index in [2.05, 4.69) is 10.00 Å². The topological polar surface area (TPSA) is 54.3 Å². The highest BCUT2D eigenvalue weighted by molar-refractivity contribution is 6.31. The van der Waals surface area contributed by atoms with Crippen LogP contribution >= 0.6 is 11.6 Å². The third-order valence-electron chi connectivity index (χ3n) is 6.27. The first-order chi connectivity index (χ1) is 16.5. The van der Waals surface area contributed by atoms with Crippen LogP contribution in [-0.4, -0.2) is 56.7 Å². The molecule has 3 heterocycles. The first-order valence-corrected chi connectivity index (χ1v) is 11.8. The van der Waals surface area contributed by atoms with Crippen LogP contribution in [0.4, 0.5) is 4.39 Å². The fraction of sp³-hybridized carbons (Fsp3) is 0.269. The molecule has 174 valence electrons. The van der Waals surface area contributed by atoms with E-state index in [9.17, 15) is 9.18 Å². The molecule has 0 saturated carbocycles. The number of halogens is 2. The van der Waals surface area contributed by atoms with Crippen molar-refractivity contribution in [1.29, 1.82) is 0 Å². The van der Waals surface area contributed by atoms with Crippen LogP contribution < -0.4 is 0 Å². The fourth-order valence-electron chi connectivity index (χ4n) is 4.34. The van der Waals surface area contributed by atoms with Gasteiger partial charge in [-0.1, -0.05) is 35.9 Å². The number of fused-ring (bicyclic) bond motifs is 1. The van der Waals surface area contributed by atoms with Crippen LogP contribution in [0.3, 0.4) is 0 Å². The molecule has 1 aliphatic rings. The number of aryl methyl sites for hydroxylation is 1. The SMILES string of the molecule is CCn1cc(-c2cc(C(=O)N3CCN(Cc4ccc(F)cc4Cl)CC3)c3ccccc3n2)cn1. The molecule has 1 amide bonds. The van der Waals surface area contributed by atoms with Crippen molar-refractivity contribution in [1.82, 2.24) is 24.6 Å². The highest BCUT2D eigenvalue weighted by atomic mass is 35.5. The van der Waals surface area contributed by atoms with E-state index in [-0.39, 0.29) is 11.7 Å². The van der Waals surface area contributed by atoms with Crippen LogP contribution in [0.25, 0.3) is 22.2 Å². The van der Waals surface area contributed by atoms with Crippen molar-refractivity contribution in [2.45, 2.75) is 20.0 Å². The predicted octanol–water partition coefficient (Wildman–Crippen LogP) is 4.87. The molecule has 0 bridgehead atoms. The average Bonchev–Trinajstić information content (AvgIpc) is 3.35. The summed E-state index contributed by atoms with van der Waals surface area (Å²) in [6.45, 7) is 6.09. The normalized spacial score (nSPS) is 14.6. The van der Waals surface area contributed by atoms with Gasteiger partial charge in [-0.25, -0.2) is 9.37 Å². The zero-order chi connectivity index (χ0) is 23.7. The Bertz CT molecular complexity index is 1350. The van der Waals surface area contributed by atoms with Crippen molar-refractivity contribution in [2.24, 2.45) is 0 Å². The summed E-state index contributed by atoms with van der Waals surface area (Å²) in [4.78, 5) is 22.5. The van der Waals surface area contributed by atoms with Gasteiger partial charge >= 0.3 is 0 Å². The summed E-state index contributed by atoms with van der Waals surface area (Å²) in [6, 6.07) is 14.1. The van der Waals surface area contributed by atoms with Gasteiger partial charge in [0.25, 0.3) is 5.91 Å². The second-order valence-corrected chi connectivity index (χ2v) is 8.87. The smallest absolute Gasteiger partial charge is 0.254 e. The van der Waals surface area contributed by atoms with Gasteiger partial charge in [0.05, 0.1) is 23.0 Å². The number of carbonyl (C=O) groups excluding carboxylic acids is 1. The lowest BCUT2D eigenvalue weighted by Gasteiger charge is -2.35. The first-order valence-electron chi connectivity index (χ1n) is 11.4. The molecule has 0 radical (unpaired) electrons. The summed E-state index contributed by atoms with van der Waals surface area (Å²) in [5.74, 6) is -0.336. The summed E-state index contributed by atoms with van der Waals surface area (Å²) < 4.78 is 15.2. The second-order valence-electron chi connectivity index (χ2n) is 8.46. The maximum atomic E-state index is 13.6. The molecule has 1 aliphatic heterocycles. The van der Waals surface area contributed by atoms with E-state index >= 15 is 0 Å². The van der Waals surface area contributed by atoms with E-state index in [1.165, 1.54) is 12.1 Å². The number of aromatic nitrogens is 3. The Balaban J connectivity index is 1.36. The minimum Gasteiger partial charge on any atom is -0.336 e. The van der Waals surface area contributed by atoms with E-state index in [0.717, 1.165) is 47.4 Å². The van der Waals surface area contributed by atoms with Crippen molar-refractivity contribution in [3.63, 3.8) is 0 Å². The van der Waals surface area contributed by atoms with Gasteiger partial charge in [-0.2, -0.15) is 5.10 Å². The summed E-state index contributed by atoms with van der Waals surface area (Å²) in [6.07, 6.45) is 3.74. The van der Waals surface area contributed by atoms with Gasteiger partial charge in [0.15, 0.2) is 0 Å². The van der Waals surface area contributed by atoms with Crippen molar-refractivity contribution >= 4 is 28.4 Å². The van der Waals surface area contributed by atoms with Gasteiger partial charge in [0.2, 0.25) is 0 Å². The van der Waals surface area contributed by atoms with Crippen LogP contribution in [-0.2, 0) is 13.1 Å². The van der Waals surface area contributed by atoms with E-state index in [1.807, 2.05) is 53.0 Å². The Hall–Kier alpha value is -3.29. The zero-order valence-corrected chi connectivity index (χ0v) is 19.7. The highest BCUT2D eigenvalue weighted by Gasteiger charge is 2.25. The molecular weight excluding hydrogens is 453 g/mol. The molecule has 0 N–H and O–H groups in total. The number of amides is 1. The van der Waals surface area contributed by atoms with Gasteiger partial charge in [-0.05, 0) is 36.8 Å². The number of pyridine rings is 1. The van der Waals surface area contributed by atoms with Gasteiger partial charge in [0.1, 0.15) is 5.82 Å². The largest absolute Gasteiger partial charge is 0.336 e. The summed E-state index contributed by atoms with van der Waals surface area (Å²) in [5.41, 5.74) is 3.96. The maximum absolute atomic E-state index is 13.6. The minimum absolute atomic E-state index is 0.00204. The lowest BCUT2D eigenvalue weighted by molar-refractivity contribution is 0.0630. The Morgan fingerprint density at radius 1 is 1.09 bits per heavy atom. The molecule has 0 spiro atoms. The molecule has 5 rings (SSSR count). The van der Waals surface area contributed by atoms with E-state index in [0.29, 0.717) is 30.2 Å². The summed E-state index contributed by atoms with van der Waals surface area (Å²) in [7, 11) is 0. The van der Waals surface area contributed by atoms with Crippen molar-refractivity contribution in [2.75, 3.05) is 26.2 Å². The van der Waals surface area contributed by atoms with Crippen molar-refractivity contribution in [3.8, 4) is 11.3 Å². The number of nitrogens with zero attached hydrogens (tertiary/aromatic N) is 5. The average molecular weight is 478 g/mol. The van der Waals surface area contributed by atoms with Crippen LogP contribution in [0.15, 0.2) is 60.9 Å². The summed E-state index contributed by atoms with van der Waals surface area (Å²) >= 11 is 6.20. The third kappa shape index (κ3) is 4.54. The molecule has 1 saturated heterocycles. The Kier molecular flexibility index (Phi) is 6.30. The molecule has 0 atom stereocenters. The number of piperazine rings is 1. The summed E-state index contributed by atoms with van der Waals surface area (Å²) in [5, 5.41) is 5.63. The van der Waals surface area contributed by atoms with Crippen LogP contribution in [0, 0.1) is 5.82 Å². The van der Waals surface area contributed by atoms with Gasteiger partial charge in [0, 0.05) is 61.4 Å². The lowest BCUT2D eigenvalue weighted by atomic mass is 10.0. The molecule has 34 heavy (non-hydrogen) atoms. The molecule has 0 unspecified atom stereocenters. The predicted molar refractivity (Wildman–Crippen MR) is 131 cm³/mol. The second kappa shape index (κ2) is 9.52. The van der Waals surface area contributed by atoms with E-state index in [1.54, 1.807) is 12.3 Å². The van der Waals surface area contributed by atoms with E-state index < -0.39 is 0 Å². The van der Waals surface area contributed by atoms with Gasteiger partial charge < -0.3 is 4.90 Å². The first kappa shape index (κ1) is 22.5.